The highest BCUT2D eigenvalue weighted by Crippen LogP contribution is 2.33. The van der Waals surface area contributed by atoms with Crippen LogP contribution in [-0.2, 0) is 28.6 Å². The molecule has 12 heteroatoms. The lowest BCUT2D eigenvalue weighted by Crippen LogP contribution is -2.55. The van der Waals surface area contributed by atoms with E-state index in [1.807, 2.05) is 0 Å². The minimum absolute atomic E-state index is 0.00569. The molecule has 0 saturated heterocycles. The number of carbonyl (C=O) groups is 3. The number of halogens is 6. The van der Waals surface area contributed by atoms with E-state index in [2.05, 4.69) is 10.6 Å². The Morgan fingerprint density at radius 3 is 2.43 bits per heavy atom. The van der Waals surface area contributed by atoms with Crippen LogP contribution in [-0.4, -0.2) is 35.8 Å². The van der Waals surface area contributed by atoms with Gasteiger partial charge in [0.15, 0.2) is 0 Å². The average Bonchev–Trinajstić information content (AvgIpc) is 3.04. The van der Waals surface area contributed by atoms with E-state index in [4.69, 9.17) is 11.6 Å². The Bertz CT molecular complexity index is 1510. The van der Waals surface area contributed by atoms with Crippen LogP contribution in [0.1, 0.15) is 47.3 Å². The average molecular weight is 608 g/mol. The molecule has 3 aromatic rings. The van der Waals surface area contributed by atoms with Crippen LogP contribution in [0.5, 0.6) is 0 Å². The molecule has 1 unspecified atom stereocenters. The van der Waals surface area contributed by atoms with Gasteiger partial charge in [-0.05, 0) is 80.3 Å². The van der Waals surface area contributed by atoms with Gasteiger partial charge in [0.2, 0.25) is 11.8 Å². The van der Waals surface area contributed by atoms with Crippen molar-refractivity contribution in [2.45, 2.75) is 57.4 Å². The molecule has 1 heterocycles. The molecule has 0 fully saturated rings. The number of hydrogen-bond donors (Lipinski definition) is 2. The molecule has 6 nitrogen and oxygen atoms in total. The maximum Gasteiger partial charge on any atom is 0.417 e. The van der Waals surface area contributed by atoms with Crippen molar-refractivity contribution in [1.29, 1.82) is 0 Å². The molecule has 0 saturated carbocycles. The summed E-state index contributed by atoms with van der Waals surface area (Å²) in [5.41, 5.74) is -1.03. The predicted octanol–water partition coefficient (Wildman–Crippen LogP) is 5.85. The van der Waals surface area contributed by atoms with Crippen molar-refractivity contribution in [1.82, 2.24) is 10.6 Å². The predicted molar refractivity (Wildman–Crippen MR) is 147 cm³/mol. The number of nitrogens with zero attached hydrogens (tertiary/aromatic N) is 1. The molecule has 42 heavy (non-hydrogen) atoms. The van der Waals surface area contributed by atoms with Crippen molar-refractivity contribution in [2.75, 3.05) is 4.90 Å². The number of hydrogen-bond acceptors (Lipinski definition) is 3. The Hall–Kier alpha value is -3.99. The fourth-order valence-electron chi connectivity index (χ4n) is 4.92. The van der Waals surface area contributed by atoms with Crippen LogP contribution in [0.15, 0.2) is 60.7 Å². The van der Waals surface area contributed by atoms with Gasteiger partial charge in [-0.1, -0.05) is 29.8 Å². The maximum absolute atomic E-state index is 14.5. The number of fused-ring (bicyclic) bond motifs is 1. The monoisotopic (exact) mass is 607 g/mol. The zero-order valence-electron chi connectivity index (χ0n) is 22.6. The van der Waals surface area contributed by atoms with Gasteiger partial charge in [-0.3, -0.25) is 14.4 Å². The van der Waals surface area contributed by atoms with Crippen LogP contribution in [0.4, 0.5) is 27.6 Å². The third-order valence-electron chi connectivity index (χ3n) is 6.91. The van der Waals surface area contributed by atoms with Gasteiger partial charge in [0.25, 0.3) is 5.91 Å². The molecule has 3 aromatic carbocycles. The highest BCUT2D eigenvalue weighted by Gasteiger charge is 2.38. The summed E-state index contributed by atoms with van der Waals surface area (Å²) >= 11 is 6.16. The van der Waals surface area contributed by atoms with Crippen molar-refractivity contribution in [3.63, 3.8) is 0 Å². The molecule has 222 valence electrons. The van der Waals surface area contributed by atoms with Crippen molar-refractivity contribution in [3.8, 4) is 0 Å². The minimum atomic E-state index is -5.07. The van der Waals surface area contributed by atoms with E-state index < -0.39 is 65.2 Å². The standard InChI is InChI=1S/C30H27ClF5N3O3/c1-16(2)39-26-12-8-19(31)13-18(26)7-11-24(29(39)42)37-28(41)25(14-17-5-3-4-6-23(17)33)38-27(40)21-10-9-20(32)15-22(21)30(34,35)36/h3-6,8-10,12-13,15-16,24-25H,7,11,14H2,1-2H3,(H,37,41)(H,38,40)/t24-,25?/m1/s1. The second kappa shape index (κ2) is 12.5. The molecular formula is C30H27ClF5N3O3. The lowest BCUT2D eigenvalue weighted by Gasteiger charge is -2.30. The topological polar surface area (TPSA) is 78.5 Å². The maximum atomic E-state index is 14.5. The highest BCUT2D eigenvalue weighted by atomic mass is 35.5. The Morgan fingerprint density at radius 2 is 1.76 bits per heavy atom. The molecule has 0 aliphatic carbocycles. The summed E-state index contributed by atoms with van der Waals surface area (Å²) < 4.78 is 68.9. The molecule has 0 radical (unpaired) electrons. The Labute approximate surface area is 243 Å². The summed E-state index contributed by atoms with van der Waals surface area (Å²) in [6, 6.07) is 9.05. The Balaban J connectivity index is 1.64. The first-order valence-corrected chi connectivity index (χ1v) is 13.5. The van der Waals surface area contributed by atoms with E-state index in [0.29, 0.717) is 29.3 Å². The quantitative estimate of drug-likeness (QED) is 0.331. The van der Waals surface area contributed by atoms with E-state index in [1.165, 1.54) is 23.1 Å². The van der Waals surface area contributed by atoms with Gasteiger partial charge in [0, 0.05) is 23.2 Å². The third kappa shape index (κ3) is 6.89. The van der Waals surface area contributed by atoms with E-state index in [-0.39, 0.29) is 24.1 Å². The van der Waals surface area contributed by atoms with Crippen LogP contribution in [0, 0.1) is 11.6 Å². The SMILES string of the molecule is CC(C)N1C(=O)[C@H](NC(=O)C(Cc2ccccc2F)NC(=O)c2ccc(F)cc2C(F)(F)F)CCc2cc(Cl)ccc21. The van der Waals surface area contributed by atoms with Gasteiger partial charge in [0.1, 0.15) is 23.7 Å². The first-order valence-electron chi connectivity index (χ1n) is 13.1. The van der Waals surface area contributed by atoms with Gasteiger partial charge in [0.05, 0.1) is 11.1 Å². The van der Waals surface area contributed by atoms with Gasteiger partial charge in [-0.15, -0.1) is 0 Å². The number of benzene rings is 3. The molecule has 0 bridgehead atoms. The smallest absolute Gasteiger partial charge is 0.342 e. The second-order valence-electron chi connectivity index (χ2n) is 10.2. The van der Waals surface area contributed by atoms with E-state index in [1.54, 1.807) is 32.0 Å². The van der Waals surface area contributed by atoms with Crippen LogP contribution in [0.25, 0.3) is 0 Å². The van der Waals surface area contributed by atoms with E-state index in [0.717, 1.165) is 11.6 Å². The Kier molecular flexibility index (Phi) is 9.20. The second-order valence-corrected chi connectivity index (χ2v) is 10.6. The molecule has 0 spiro atoms. The summed E-state index contributed by atoms with van der Waals surface area (Å²) in [6.45, 7) is 3.59. The van der Waals surface area contributed by atoms with Crippen molar-refractivity contribution >= 4 is 35.0 Å². The molecular weight excluding hydrogens is 581 g/mol. The third-order valence-corrected chi connectivity index (χ3v) is 7.14. The number of aryl methyl sites for hydroxylation is 1. The molecule has 1 aliphatic heterocycles. The zero-order chi connectivity index (χ0) is 30.8. The highest BCUT2D eigenvalue weighted by molar-refractivity contribution is 6.30. The molecule has 2 N–H and O–H groups in total. The van der Waals surface area contributed by atoms with Crippen LogP contribution in [0.2, 0.25) is 5.02 Å². The number of anilines is 1. The van der Waals surface area contributed by atoms with E-state index >= 15 is 0 Å². The zero-order valence-corrected chi connectivity index (χ0v) is 23.3. The van der Waals surface area contributed by atoms with Crippen LogP contribution < -0.4 is 15.5 Å². The van der Waals surface area contributed by atoms with E-state index in [9.17, 15) is 36.3 Å². The summed E-state index contributed by atoms with van der Waals surface area (Å²) in [5, 5.41) is 5.32. The normalized spacial score (nSPS) is 16.1. The van der Waals surface area contributed by atoms with Crippen molar-refractivity contribution < 1.29 is 36.3 Å². The number of alkyl halides is 3. The fraction of sp³-hybridized carbons (Fsp3) is 0.300. The number of rotatable bonds is 7. The molecule has 0 aromatic heterocycles. The summed E-state index contributed by atoms with van der Waals surface area (Å²) in [5.74, 6) is -4.58. The summed E-state index contributed by atoms with van der Waals surface area (Å²) in [4.78, 5) is 41.7. The van der Waals surface area contributed by atoms with Crippen molar-refractivity contribution in [3.05, 3.63) is 99.6 Å². The number of carbonyl (C=O) groups excluding carboxylic acids is 3. The number of nitrogens with one attached hydrogen (secondary N) is 2. The largest absolute Gasteiger partial charge is 0.417 e. The van der Waals surface area contributed by atoms with Crippen molar-refractivity contribution in [2.24, 2.45) is 0 Å². The molecule has 2 atom stereocenters. The first kappa shape index (κ1) is 31.0. The van der Waals surface area contributed by atoms with Gasteiger partial charge < -0.3 is 15.5 Å². The number of amides is 3. The summed E-state index contributed by atoms with van der Waals surface area (Å²) in [6.07, 6.45) is -4.97. The van der Waals surface area contributed by atoms with Crippen LogP contribution in [0.3, 0.4) is 0 Å². The van der Waals surface area contributed by atoms with Gasteiger partial charge >= 0.3 is 6.18 Å². The first-order chi connectivity index (χ1) is 19.8. The van der Waals surface area contributed by atoms with Crippen LogP contribution >= 0.6 is 11.6 Å². The summed E-state index contributed by atoms with van der Waals surface area (Å²) in [7, 11) is 0. The fourth-order valence-corrected chi connectivity index (χ4v) is 5.11. The minimum Gasteiger partial charge on any atom is -0.342 e. The van der Waals surface area contributed by atoms with Gasteiger partial charge in [-0.25, -0.2) is 8.78 Å². The molecule has 3 amide bonds. The lowest BCUT2D eigenvalue weighted by atomic mass is 10.0. The molecule has 1 aliphatic rings. The Morgan fingerprint density at radius 1 is 1.05 bits per heavy atom. The molecule has 4 rings (SSSR count). The van der Waals surface area contributed by atoms with Gasteiger partial charge in [-0.2, -0.15) is 13.2 Å². The lowest BCUT2D eigenvalue weighted by molar-refractivity contribution is -0.138.